The molecule has 2 heterocycles. The van der Waals surface area contributed by atoms with Gasteiger partial charge in [-0.25, -0.2) is 4.98 Å². The fraction of sp³-hybridized carbons (Fsp3) is 0.727. The van der Waals surface area contributed by atoms with E-state index < -0.39 is 0 Å². The minimum atomic E-state index is 0.545. The first-order valence-corrected chi connectivity index (χ1v) is 6.22. The number of hydrogen-bond acceptors (Lipinski definition) is 4. The van der Waals surface area contributed by atoms with Crippen LogP contribution in [0.4, 0.5) is 0 Å². The standard InChI is InChI=1S/C11H17NO2S/c1-8-9(2)15-11(12-8)14-7-10-4-3-5-13-6-10/h10H,3-7H2,1-2H3/t10-/m0/s1. The SMILES string of the molecule is Cc1nc(OC[C@H]2CCCOC2)sc1C. The van der Waals surface area contributed by atoms with Crippen molar-refractivity contribution in [3.8, 4) is 5.19 Å². The van der Waals surface area contributed by atoms with Crippen molar-refractivity contribution in [2.75, 3.05) is 19.8 Å². The molecule has 1 aromatic heterocycles. The Morgan fingerprint density at radius 3 is 3.00 bits per heavy atom. The third kappa shape index (κ3) is 2.92. The van der Waals surface area contributed by atoms with E-state index >= 15 is 0 Å². The predicted molar refractivity (Wildman–Crippen MR) is 60.6 cm³/mol. The molecule has 0 saturated carbocycles. The van der Waals surface area contributed by atoms with Crippen molar-refractivity contribution in [1.29, 1.82) is 0 Å². The molecule has 0 radical (unpaired) electrons. The molecule has 0 unspecified atom stereocenters. The first-order valence-electron chi connectivity index (χ1n) is 5.40. The molecular formula is C11H17NO2S. The molecular weight excluding hydrogens is 210 g/mol. The Morgan fingerprint density at radius 1 is 1.53 bits per heavy atom. The van der Waals surface area contributed by atoms with E-state index in [0.29, 0.717) is 5.92 Å². The number of ether oxygens (including phenoxy) is 2. The fourth-order valence-corrected chi connectivity index (χ4v) is 2.40. The maximum absolute atomic E-state index is 5.67. The van der Waals surface area contributed by atoms with E-state index in [4.69, 9.17) is 9.47 Å². The summed E-state index contributed by atoms with van der Waals surface area (Å²) in [5, 5.41) is 0.801. The maximum Gasteiger partial charge on any atom is 0.273 e. The first-order chi connectivity index (χ1) is 7.25. The summed E-state index contributed by atoms with van der Waals surface area (Å²) in [5.41, 5.74) is 1.08. The molecule has 0 aromatic carbocycles. The quantitative estimate of drug-likeness (QED) is 0.795. The Hall–Kier alpha value is -0.610. The first kappa shape index (κ1) is 10.9. The molecule has 1 aliphatic heterocycles. The minimum Gasteiger partial charge on any atom is -0.470 e. The van der Waals surface area contributed by atoms with E-state index in [9.17, 15) is 0 Å². The van der Waals surface area contributed by atoms with Crippen LogP contribution in [0.1, 0.15) is 23.4 Å². The lowest BCUT2D eigenvalue weighted by Gasteiger charge is -2.21. The smallest absolute Gasteiger partial charge is 0.273 e. The van der Waals surface area contributed by atoms with E-state index in [1.54, 1.807) is 11.3 Å². The molecule has 4 heteroatoms. The van der Waals surface area contributed by atoms with Crippen LogP contribution >= 0.6 is 11.3 Å². The van der Waals surface area contributed by atoms with Crippen molar-refractivity contribution in [2.45, 2.75) is 26.7 Å². The van der Waals surface area contributed by atoms with Gasteiger partial charge >= 0.3 is 0 Å². The van der Waals surface area contributed by atoms with Crippen molar-refractivity contribution in [2.24, 2.45) is 5.92 Å². The molecule has 0 bridgehead atoms. The lowest BCUT2D eigenvalue weighted by Crippen LogP contribution is -2.23. The normalized spacial score (nSPS) is 21.6. The van der Waals surface area contributed by atoms with E-state index in [0.717, 1.165) is 37.1 Å². The van der Waals surface area contributed by atoms with Gasteiger partial charge < -0.3 is 9.47 Å². The number of aromatic nitrogens is 1. The number of hydrogen-bond donors (Lipinski definition) is 0. The molecule has 84 valence electrons. The molecule has 0 amide bonds. The summed E-state index contributed by atoms with van der Waals surface area (Å²) < 4.78 is 11.1. The summed E-state index contributed by atoms with van der Waals surface area (Å²) in [5.74, 6) is 0.545. The van der Waals surface area contributed by atoms with E-state index in [-0.39, 0.29) is 0 Å². The highest BCUT2D eigenvalue weighted by Crippen LogP contribution is 2.24. The predicted octanol–water partition coefficient (Wildman–Crippen LogP) is 2.57. The zero-order chi connectivity index (χ0) is 10.7. The fourth-order valence-electron chi connectivity index (χ4n) is 1.63. The van der Waals surface area contributed by atoms with Crippen LogP contribution in [0.25, 0.3) is 0 Å². The topological polar surface area (TPSA) is 31.4 Å². The number of thiazole rings is 1. The third-order valence-electron chi connectivity index (χ3n) is 2.71. The van der Waals surface area contributed by atoms with Gasteiger partial charge in [-0.05, 0) is 26.7 Å². The molecule has 1 atom stereocenters. The average Bonchev–Trinajstić information content (AvgIpc) is 2.57. The van der Waals surface area contributed by atoms with Crippen LogP contribution < -0.4 is 4.74 Å². The Kier molecular flexibility index (Phi) is 3.59. The van der Waals surface area contributed by atoms with Crippen LogP contribution in [-0.4, -0.2) is 24.8 Å². The van der Waals surface area contributed by atoms with E-state index in [2.05, 4.69) is 11.9 Å². The minimum absolute atomic E-state index is 0.545. The van der Waals surface area contributed by atoms with Crippen molar-refractivity contribution < 1.29 is 9.47 Å². The van der Waals surface area contributed by atoms with E-state index in [1.165, 1.54) is 11.3 Å². The molecule has 0 N–H and O–H groups in total. The molecule has 0 aliphatic carbocycles. The van der Waals surface area contributed by atoms with Crippen LogP contribution in [0.5, 0.6) is 5.19 Å². The number of aryl methyl sites for hydroxylation is 2. The largest absolute Gasteiger partial charge is 0.470 e. The second-order valence-electron chi connectivity index (χ2n) is 4.02. The van der Waals surface area contributed by atoms with Crippen molar-refractivity contribution >= 4 is 11.3 Å². The second-order valence-corrected chi connectivity index (χ2v) is 5.18. The summed E-state index contributed by atoms with van der Waals surface area (Å²) in [4.78, 5) is 5.59. The van der Waals surface area contributed by atoms with Gasteiger partial charge in [-0.3, -0.25) is 0 Å². The zero-order valence-electron chi connectivity index (χ0n) is 9.28. The summed E-state index contributed by atoms with van der Waals surface area (Å²) in [6.45, 7) is 6.58. The van der Waals surface area contributed by atoms with Gasteiger partial charge in [-0.15, -0.1) is 0 Å². The maximum atomic E-state index is 5.67. The van der Waals surface area contributed by atoms with E-state index in [1.807, 2.05) is 6.92 Å². The van der Waals surface area contributed by atoms with Crippen molar-refractivity contribution in [3.05, 3.63) is 10.6 Å². The van der Waals surface area contributed by atoms with Gasteiger partial charge in [0.2, 0.25) is 0 Å². The van der Waals surface area contributed by atoms with Crippen LogP contribution in [0.3, 0.4) is 0 Å². The highest BCUT2D eigenvalue weighted by molar-refractivity contribution is 7.13. The second kappa shape index (κ2) is 4.94. The van der Waals surface area contributed by atoms with Gasteiger partial charge in [-0.1, -0.05) is 11.3 Å². The summed E-state index contributed by atoms with van der Waals surface area (Å²) in [6.07, 6.45) is 2.37. The third-order valence-corrected chi connectivity index (χ3v) is 3.69. The van der Waals surface area contributed by atoms with Crippen LogP contribution in [0.15, 0.2) is 0 Å². The highest BCUT2D eigenvalue weighted by atomic mass is 32.1. The van der Waals surface area contributed by atoms with Crippen molar-refractivity contribution in [1.82, 2.24) is 4.98 Å². The van der Waals surface area contributed by atoms with Gasteiger partial charge in [0.05, 0.1) is 18.9 Å². The number of rotatable bonds is 3. The Bertz CT molecular complexity index is 299. The molecule has 1 aliphatic rings. The van der Waals surface area contributed by atoms with Crippen molar-refractivity contribution in [3.63, 3.8) is 0 Å². The molecule has 2 rings (SSSR count). The molecule has 1 saturated heterocycles. The van der Waals surface area contributed by atoms with Crippen LogP contribution in [-0.2, 0) is 4.74 Å². The summed E-state index contributed by atoms with van der Waals surface area (Å²) >= 11 is 1.63. The molecule has 15 heavy (non-hydrogen) atoms. The summed E-state index contributed by atoms with van der Waals surface area (Å²) in [6, 6.07) is 0. The zero-order valence-corrected chi connectivity index (χ0v) is 10.1. The number of nitrogens with zero attached hydrogens (tertiary/aromatic N) is 1. The monoisotopic (exact) mass is 227 g/mol. The van der Waals surface area contributed by atoms with Gasteiger partial charge in [0.25, 0.3) is 5.19 Å². The van der Waals surface area contributed by atoms with Gasteiger partial charge in [-0.2, -0.15) is 0 Å². The Balaban J connectivity index is 1.81. The van der Waals surface area contributed by atoms with Gasteiger partial charge in [0, 0.05) is 17.4 Å². The average molecular weight is 227 g/mol. The lowest BCUT2D eigenvalue weighted by atomic mass is 10.0. The molecule has 1 aromatic rings. The van der Waals surface area contributed by atoms with Gasteiger partial charge in [0.1, 0.15) is 0 Å². The van der Waals surface area contributed by atoms with Gasteiger partial charge in [0.15, 0.2) is 0 Å². The Morgan fingerprint density at radius 2 is 2.40 bits per heavy atom. The van der Waals surface area contributed by atoms with Crippen LogP contribution in [0, 0.1) is 19.8 Å². The molecule has 1 fully saturated rings. The van der Waals surface area contributed by atoms with Crippen LogP contribution in [0.2, 0.25) is 0 Å². The summed E-state index contributed by atoms with van der Waals surface area (Å²) in [7, 11) is 0. The molecule has 0 spiro atoms. The Labute approximate surface area is 94.4 Å². The highest BCUT2D eigenvalue weighted by Gasteiger charge is 2.15. The molecule has 3 nitrogen and oxygen atoms in total. The lowest BCUT2D eigenvalue weighted by molar-refractivity contribution is 0.0351.